The van der Waals surface area contributed by atoms with Gasteiger partial charge in [0.05, 0.1) is 28.5 Å². The highest BCUT2D eigenvalue weighted by Crippen LogP contribution is 2.19. The molecule has 0 aliphatic heterocycles. The SMILES string of the molecule is O=C(Nc1ccc(OCC(F)(F)F)nc1)c1ccc2c(=O)n(-c3ccccc3F)c(=S)[nH]c2c1. The number of para-hydroxylation sites is 1. The Morgan fingerprint density at radius 3 is 2.59 bits per heavy atom. The molecule has 0 aliphatic carbocycles. The van der Waals surface area contributed by atoms with Crippen LogP contribution in [0.15, 0.2) is 65.6 Å². The normalized spacial score (nSPS) is 11.4. The molecular formula is C22H14F4N4O3S. The average molecular weight is 490 g/mol. The summed E-state index contributed by atoms with van der Waals surface area (Å²) in [4.78, 5) is 32.1. The van der Waals surface area contributed by atoms with Crippen LogP contribution in [-0.4, -0.2) is 33.2 Å². The van der Waals surface area contributed by atoms with Crippen molar-refractivity contribution < 1.29 is 27.1 Å². The fourth-order valence-electron chi connectivity index (χ4n) is 3.11. The highest BCUT2D eigenvalue weighted by atomic mass is 32.1. The monoisotopic (exact) mass is 490 g/mol. The molecule has 4 rings (SSSR count). The molecular weight excluding hydrogens is 476 g/mol. The summed E-state index contributed by atoms with van der Waals surface area (Å²) in [5.41, 5.74) is 0.0808. The van der Waals surface area contributed by atoms with Crippen molar-refractivity contribution >= 4 is 34.7 Å². The van der Waals surface area contributed by atoms with Crippen molar-refractivity contribution in [2.45, 2.75) is 6.18 Å². The molecule has 0 fully saturated rings. The number of aromatic nitrogens is 3. The summed E-state index contributed by atoms with van der Waals surface area (Å²) in [7, 11) is 0. The third-order valence-electron chi connectivity index (χ3n) is 4.63. The minimum atomic E-state index is -4.50. The molecule has 0 bridgehead atoms. The van der Waals surface area contributed by atoms with E-state index in [1.807, 2.05) is 0 Å². The van der Waals surface area contributed by atoms with Gasteiger partial charge in [-0.15, -0.1) is 0 Å². The third-order valence-corrected chi connectivity index (χ3v) is 4.92. The smallest absolute Gasteiger partial charge is 0.422 e. The molecule has 2 aromatic carbocycles. The van der Waals surface area contributed by atoms with E-state index in [9.17, 15) is 27.2 Å². The summed E-state index contributed by atoms with van der Waals surface area (Å²) in [5.74, 6) is -1.44. The molecule has 174 valence electrons. The number of hydrogen-bond donors (Lipinski definition) is 2. The minimum absolute atomic E-state index is 0.00682. The van der Waals surface area contributed by atoms with Gasteiger partial charge in [-0.2, -0.15) is 13.2 Å². The first kappa shape index (κ1) is 23.1. The number of pyridine rings is 1. The summed E-state index contributed by atoms with van der Waals surface area (Å²) in [6, 6.07) is 12.4. The fraction of sp³-hybridized carbons (Fsp3) is 0.0909. The Hall–Kier alpha value is -4.06. The molecule has 2 aromatic heterocycles. The van der Waals surface area contributed by atoms with Crippen molar-refractivity contribution in [1.29, 1.82) is 0 Å². The number of benzene rings is 2. The molecule has 0 aliphatic rings. The number of ether oxygens (including phenoxy) is 1. The first-order chi connectivity index (χ1) is 16.1. The van der Waals surface area contributed by atoms with Crippen LogP contribution in [0.1, 0.15) is 10.4 Å². The zero-order valence-electron chi connectivity index (χ0n) is 17.0. The number of carbonyl (C=O) groups is 1. The number of halogens is 4. The largest absolute Gasteiger partial charge is 0.468 e. The lowest BCUT2D eigenvalue weighted by molar-refractivity contribution is -0.154. The predicted octanol–water partition coefficient (Wildman–Crippen LogP) is 4.78. The summed E-state index contributed by atoms with van der Waals surface area (Å²) in [6.45, 7) is -1.48. The standard InChI is InChI=1S/C22H14F4N4O3S/c23-15-3-1-2-4-17(15)30-20(32)14-7-5-12(9-16(14)29-21(30)34)19(31)28-13-6-8-18(27-10-13)33-11-22(24,25)26/h1-10H,11H2,(H,28,31)(H,29,34). The lowest BCUT2D eigenvalue weighted by Gasteiger charge is -2.11. The van der Waals surface area contributed by atoms with Crippen molar-refractivity contribution in [2.24, 2.45) is 0 Å². The topological polar surface area (TPSA) is 89.0 Å². The molecule has 0 saturated carbocycles. The maximum absolute atomic E-state index is 14.2. The number of H-pyrrole nitrogens is 1. The second kappa shape index (κ2) is 9.06. The highest BCUT2D eigenvalue weighted by molar-refractivity contribution is 7.71. The molecule has 34 heavy (non-hydrogen) atoms. The fourth-order valence-corrected chi connectivity index (χ4v) is 3.40. The Morgan fingerprint density at radius 1 is 1.15 bits per heavy atom. The molecule has 0 saturated heterocycles. The first-order valence-corrected chi connectivity index (χ1v) is 10.0. The average Bonchev–Trinajstić information content (AvgIpc) is 2.79. The van der Waals surface area contributed by atoms with E-state index in [1.165, 1.54) is 48.5 Å². The molecule has 2 N–H and O–H groups in total. The van der Waals surface area contributed by atoms with Gasteiger partial charge in [-0.25, -0.2) is 13.9 Å². The molecule has 0 unspecified atom stereocenters. The van der Waals surface area contributed by atoms with Gasteiger partial charge in [0.25, 0.3) is 11.5 Å². The van der Waals surface area contributed by atoms with Crippen LogP contribution in [0, 0.1) is 10.6 Å². The Labute approximate surface area is 193 Å². The van der Waals surface area contributed by atoms with E-state index >= 15 is 0 Å². The molecule has 4 aromatic rings. The lowest BCUT2D eigenvalue weighted by atomic mass is 10.1. The molecule has 2 heterocycles. The number of amides is 1. The van der Waals surface area contributed by atoms with Gasteiger partial charge in [-0.1, -0.05) is 12.1 Å². The highest BCUT2D eigenvalue weighted by Gasteiger charge is 2.28. The van der Waals surface area contributed by atoms with Gasteiger partial charge in [-0.05, 0) is 48.6 Å². The van der Waals surface area contributed by atoms with Gasteiger partial charge in [0.15, 0.2) is 11.4 Å². The summed E-state index contributed by atoms with van der Waals surface area (Å²) < 4.78 is 56.3. The summed E-state index contributed by atoms with van der Waals surface area (Å²) >= 11 is 5.23. The van der Waals surface area contributed by atoms with Crippen molar-refractivity contribution in [1.82, 2.24) is 14.5 Å². The van der Waals surface area contributed by atoms with Crippen LogP contribution in [0.4, 0.5) is 23.2 Å². The molecule has 0 radical (unpaired) electrons. The van der Waals surface area contributed by atoms with Crippen LogP contribution >= 0.6 is 12.2 Å². The van der Waals surface area contributed by atoms with Gasteiger partial charge in [0.2, 0.25) is 5.88 Å². The Bertz CT molecular complexity index is 1500. The van der Waals surface area contributed by atoms with Crippen LogP contribution in [0.2, 0.25) is 0 Å². The number of nitrogens with zero attached hydrogens (tertiary/aromatic N) is 2. The zero-order chi connectivity index (χ0) is 24.5. The maximum Gasteiger partial charge on any atom is 0.422 e. The zero-order valence-corrected chi connectivity index (χ0v) is 17.8. The van der Waals surface area contributed by atoms with Gasteiger partial charge < -0.3 is 15.0 Å². The van der Waals surface area contributed by atoms with Crippen LogP contribution in [0.3, 0.4) is 0 Å². The number of nitrogens with one attached hydrogen (secondary N) is 2. The van der Waals surface area contributed by atoms with Gasteiger partial charge in [0, 0.05) is 11.6 Å². The molecule has 0 atom stereocenters. The van der Waals surface area contributed by atoms with Gasteiger partial charge >= 0.3 is 6.18 Å². The number of alkyl halides is 3. The lowest BCUT2D eigenvalue weighted by Crippen LogP contribution is -2.22. The van der Waals surface area contributed by atoms with Crippen LogP contribution in [-0.2, 0) is 0 Å². The minimum Gasteiger partial charge on any atom is -0.468 e. The second-order valence-corrected chi connectivity index (χ2v) is 7.41. The van der Waals surface area contributed by atoms with Crippen molar-refractivity contribution in [3.05, 3.63) is 87.3 Å². The Morgan fingerprint density at radius 2 is 1.91 bits per heavy atom. The number of carbonyl (C=O) groups excluding carboxylic acids is 1. The van der Waals surface area contributed by atoms with E-state index in [-0.39, 0.29) is 38.5 Å². The van der Waals surface area contributed by atoms with Crippen LogP contribution in [0.25, 0.3) is 16.6 Å². The van der Waals surface area contributed by atoms with Gasteiger partial charge in [-0.3, -0.25) is 9.59 Å². The third kappa shape index (κ3) is 4.96. The first-order valence-electron chi connectivity index (χ1n) is 9.63. The quantitative estimate of drug-likeness (QED) is 0.311. The number of anilines is 1. The van der Waals surface area contributed by atoms with E-state index in [0.29, 0.717) is 0 Å². The van der Waals surface area contributed by atoms with E-state index in [1.54, 1.807) is 6.07 Å². The Balaban J connectivity index is 1.58. The van der Waals surface area contributed by atoms with E-state index in [2.05, 4.69) is 20.0 Å². The van der Waals surface area contributed by atoms with Crippen molar-refractivity contribution in [3.63, 3.8) is 0 Å². The summed E-state index contributed by atoms with van der Waals surface area (Å²) in [6.07, 6.45) is -3.35. The van der Waals surface area contributed by atoms with E-state index < -0.39 is 30.1 Å². The Kier molecular flexibility index (Phi) is 6.16. The molecule has 1 amide bonds. The predicted molar refractivity (Wildman–Crippen MR) is 118 cm³/mol. The number of hydrogen-bond acceptors (Lipinski definition) is 5. The van der Waals surface area contributed by atoms with Crippen molar-refractivity contribution in [3.8, 4) is 11.6 Å². The second-order valence-electron chi connectivity index (χ2n) is 7.03. The summed E-state index contributed by atoms with van der Waals surface area (Å²) in [5, 5.41) is 2.73. The number of aromatic amines is 1. The molecule has 0 spiro atoms. The van der Waals surface area contributed by atoms with E-state index in [4.69, 9.17) is 12.2 Å². The molecule has 12 heteroatoms. The van der Waals surface area contributed by atoms with Gasteiger partial charge in [0.1, 0.15) is 5.82 Å². The number of fused-ring (bicyclic) bond motifs is 1. The van der Waals surface area contributed by atoms with Crippen LogP contribution < -0.4 is 15.6 Å². The van der Waals surface area contributed by atoms with Crippen LogP contribution in [0.5, 0.6) is 5.88 Å². The number of rotatable bonds is 5. The molecule has 7 nitrogen and oxygen atoms in total. The maximum atomic E-state index is 14.2. The van der Waals surface area contributed by atoms with Crippen molar-refractivity contribution in [2.75, 3.05) is 11.9 Å². The van der Waals surface area contributed by atoms with E-state index in [0.717, 1.165) is 10.8 Å².